The molecule has 0 radical (unpaired) electrons. The predicted molar refractivity (Wildman–Crippen MR) is 56.2 cm³/mol. The summed E-state index contributed by atoms with van der Waals surface area (Å²) in [5.74, 6) is -1.43. The number of hydrogen-bond donors (Lipinski definition) is 0. The van der Waals surface area contributed by atoms with Crippen LogP contribution in [0.15, 0.2) is 0 Å². The van der Waals surface area contributed by atoms with Gasteiger partial charge in [0.05, 0.1) is 13.2 Å². The van der Waals surface area contributed by atoms with Crippen LogP contribution >= 0.6 is 0 Å². The van der Waals surface area contributed by atoms with Crippen LogP contribution in [0.3, 0.4) is 0 Å². The molecule has 0 spiro atoms. The van der Waals surface area contributed by atoms with Crippen molar-refractivity contribution in [2.75, 3.05) is 13.2 Å². The monoisotopic (exact) mass is 244 g/mol. The van der Waals surface area contributed by atoms with Crippen molar-refractivity contribution in [2.45, 2.75) is 38.9 Å². The minimum Gasteiger partial charge on any atom is -0.464 e. The van der Waals surface area contributed by atoms with Gasteiger partial charge in [0.2, 0.25) is 0 Å². The first kappa shape index (κ1) is 13.6. The van der Waals surface area contributed by atoms with Crippen LogP contribution in [0.5, 0.6) is 0 Å². The lowest BCUT2D eigenvalue weighted by atomic mass is 10.0. The molecule has 6 nitrogen and oxygen atoms in total. The largest absolute Gasteiger partial charge is 0.464 e. The third-order valence-corrected chi connectivity index (χ3v) is 2.25. The van der Waals surface area contributed by atoms with Crippen molar-refractivity contribution in [3.8, 4) is 0 Å². The lowest BCUT2D eigenvalue weighted by Gasteiger charge is -2.26. The Morgan fingerprint density at radius 3 is 1.88 bits per heavy atom. The highest BCUT2D eigenvalue weighted by Crippen LogP contribution is 2.18. The number of carbonyl (C=O) groups is 3. The van der Waals surface area contributed by atoms with Crippen LogP contribution in [-0.2, 0) is 28.6 Å². The quantitative estimate of drug-likeness (QED) is 0.659. The number of ketones is 1. The van der Waals surface area contributed by atoms with Gasteiger partial charge in [-0.05, 0) is 13.8 Å². The van der Waals surface area contributed by atoms with Crippen LogP contribution in [0.4, 0.5) is 0 Å². The van der Waals surface area contributed by atoms with E-state index in [1.807, 2.05) is 0 Å². The van der Waals surface area contributed by atoms with Gasteiger partial charge in [-0.25, -0.2) is 9.59 Å². The fourth-order valence-electron chi connectivity index (χ4n) is 1.54. The molecule has 96 valence electrons. The van der Waals surface area contributed by atoms with Crippen molar-refractivity contribution >= 4 is 17.7 Å². The van der Waals surface area contributed by atoms with E-state index in [1.54, 1.807) is 13.8 Å². The van der Waals surface area contributed by atoms with Crippen LogP contribution in [0, 0.1) is 0 Å². The molecule has 0 aromatic rings. The topological polar surface area (TPSA) is 78.9 Å². The van der Waals surface area contributed by atoms with E-state index in [2.05, 4.69) is 0 Å². The first-order chi connectivity index (χ1) is 8.08. The molecule has 1 heterocycles. The maximum atomic E-state index is 11.4. The fraction of sp³-hybridized carbons (Fsp3) is 0.727. The number of Topliss-reactive ketones (excluding diaryl/α,β-unsaturated/α-hetero) is 1. The number of carbonyl (C=O) groups excluding carboxylic acids is 3. The molecule has 0 aliphatic carbocycles. The van der Waals surface area contributed by atoms with Gasteiger partial charge in [0.25, 0.3) is 0 Å². The second-order valence-electron chi connectivity index (χ2n) is 3.56. The van der Waals surface area contributed by atoms with Crippen molar-refractivity contribution in [1.29, 1.82) is 0 Å². The summed E-state index contributed by atoms with van der Waals surface area (Å²) >= 11 is 0. The molecule has 0 N–H and O–H groups in total. The predicted octanol–water partition coefficient (Wildman–Crippen LogP) is 0.229. The van der Waals surface area contributed by atoms with E-state index in [-0.39, 0.29) is 31.8 Å². The smallest absolute Gasteiger partial charge is 0.335 e. The number of rotatable bonds is 4. The summed E-state index contributed by atoms with van der Waals surface area (Å²) in [4.78, 5) is 34.2. The minimum atomic E-state index is -0.995. The maximum Gasteiger partial charge on any atom is 0.335 e. The van der Waals surface area contributed by atoms with Crippen molar-refractivity contribution in [2.24, 2.45) is 0 Å². The van der Waals surface area contributed by atoms with Crippen LogP contribution in [0.25, 0.3) is 0 Å². The standard InChI is InChI=1S/C11H16O6/c1-3-15-10(13)8-5-7(12)6-9(17-8)11(14)16-4-2/h8-9H,3-6H2,1-2H3. The molecule has 0 amide bonds. The van der Waals surface area contributed by atoms with E-state index in [9.17, 15) is 14.4 Å². The average Bonchev–Trinajstić information content (AvgIpc) is 2.29. The molecule has 1 rings (SSSR count). The summed E-state index contributed by atoms with van der Waals surface area (Å²) in [6.45, 7) is 3.73. The highest BCUT2D eigenvalue weighted by Gasteiger charge is 2.37. The van der Waals surface area contributed by atoms with E-state index in [4.69, 9.17) is 14.2 Å². The van der Waals surface area contributed by atoms with Gasteiger partial charge in [0, 0.05) is 12.8 Å². The zero-order valence-electron chi connectivity index (χ0n) is 9.93. The number of ether oxygens (including phenoxy) is 3. The summed E-state index contributed by atoms with van der Waals surface area (Å²) < 4.78 is 14.7. The van der Waals surface area contributed by atoms with E-state index >= 15 is 0 Å². The molecule has 17 heavy (non-hydrogen) atoms. The second kappa shape index (κ2) is 6.34. The van der Waals surface area contributed by atoms with Gasteiger partial charge in [-0.1, -0.05) is 0 Å². The van der Waals surface area contributed by atoms with Crippen molar-refractivity contribution in [3.05, 3.63) is 0 Å². The molecule has 1 aliphatic rings. The summed E-state index contributed by atoms with van der Waals surface area (Å²) in [5, 5.41) is 0. The Morgan fingerprint density at radius 2 is 1.53 bits per heavy atom. The van der Waals surface area contributed by atoms with Gasteiger partial charge in [0.1, 0.15) is 5.78 Å². The van der Waals surface area contributed by atoms with Crippen molar-refractivity contribution in [3.63, 3.8) is 0 Å². The van der Waals surface area contributed by atoms with Crippen LogP contribution in [0.1, 0.15) is 26.7 Å². The lowest BCUT2D eigenvalue weighted by molar-refractivity contribution is -0.180. The molecule has 0 aromatic carbocycles. The second-order valence-corrected chi connectivity index (χ2v) is 3.56. The van der Waals surface area contributed by atoms with Crippen molar-refractivity contribution in [1.82, 2.24) is 0 Å². The van der Waals surface area contributed by atoms with Gasteiger partial charge in [-0.15, -0.1) is 0 Å². The molecular formula is C11H16O6. The average molecular weight is 244 g/mol. The first-order valence-corrected chi connectivity index (χ1v) is 5.58. The highest BCUT2D eigenvalue weighted by atomic mass is 16.6. The molecule has 0 saturated carbocycles. The molecule has 1 saturated heterocycles. The summed E-state index contributed by atoms with van der Waals surface area (Å²) in [5.41, 5.74) is 0. The van der Waals surface area contributed by atoms with Gasteiger partial charge in [-0.3, -0.25) is 4.79 Å². The Balaban J connectivity index is 2.61. The lowest BCUT2D eigenvalue weighted by Crippen LogP contribution is -2.43. The van der Waals surface area contributed by atoms with Crippen molar-refractivity contribution < 1.29 is 28.6 Å². The Kier molecular flexibility index (Phi) is 5.09. The number of esters is 2. The summed E-state index contributed by atoms with van der Waals surface area (Å²) in [6.07, 6.45) is -2.08. The zero-order valence-corrected chi connectivity index (χ0v) is 9.93. The van der Waals surface area contributed by atoms with E-state index in [1.165, 1.54) is 0 Å². The van der Waals surface area contributed by atoms with Gasteiger partial charge >= 0.3 is 11.9 Å². The van der Waals surface area contributed by atoms with E-state index < -0.39 is 24.1 Å². The Labute approximate surface area is 99.2 Å². The zero-order chi connectivity index (χ0) is 12.8. The van der Waals surface area contributed by atoms with Gasteiger partial charge in [0.15, 0.2) is 12.2 Å². The first-order valence-electron chi connectivity index (χ1n) is 5.58. The highest BCUT2D eigenvalue weighted by molar-refractivity contribution is 5.91. The minimum absolute atomic E-state index is 0.0469. The Morgan fingerprint density at radius 1 is 1.12 bits per heavy atom. The van der Waals surface area contributed by atoms with Crippen LogP contribution in [0.2, 0.25) is 0 Å². The van der Waals surface area contributed by atoms with Gasteiger partial charge < -0.3 is 14.2 Å². The number of hydrogen-bond acceptors (Lipinski definition) is 6. The summed E-state index contributed by atoms with van der Waals surface area (Å²) in [6, 6.07) is 0. The molecule has 0 aromatic heterocycles. The summed E-state index contributed by atoms with van der Waals surface area (Å²) in [7, 11) is 0. The fourth-order valence-corrected chi connectivity index (χ4v) is 1.54. The van der Waals surface area contributed by atoms with Gasteiger partial charge in [-0.2, -0.15) is 0 Å². The van der Waals surface area contributed by atoms with E-state index in [0.717, 1.165) is 0 Å². The Hall–Kier alpha value is -1.43. The Bertz CT molecular complexity index is 283. The molecule has 2 unspecified atom stereocenters. The third-order valence-electron chi connectivity index (χ3n) is 2.25. The SMILES string of the molecule is CCOC(=O)C1CC(=O)CC(C(=O)OCC)O1. The molecule has 1 fully saturated rings. The molecule has 2 atom stereocenters. The normalized spacial score (nSPS) is 24.2. The molecular weight excluding hydrogens is 228 g/mol. The van der Waals surface area contributed by atoms with E-state index in [0.29, 0.717) is 0 Å². The van der Waals surface area contributed by atoms with Crippen LogP contribution < -0.4 is 0 Å². The maximum absolute atomic E-state index is 11.4. The molecule has 1 aliphatic heterocycles. The third kappa shape index (κ3) is 3.81. The van der Waals surface area contributed by atoms with Crippen LogP contribution in [-0.4, -0.2) is 43.1 Å². The molecule has 0 bridgehead atoms. The molecule has 6 heteroatoms.